The van der Waals surface area contributed by atoms with Crippen LogP contribution in [-0.4, -0.2) is 25.5 Å². The van der Waals surface area contributed by atoms with Gasteiger partial charge in [-0.25, -0.2) is 0 Å². The maximum atomic E-state index is 11.5. The van der Waals surface area contributed by atoms with Gasteiger partial charge in [0.25, 0.3) is 0 Å². The van der Waals surface area contributed by atoms with E-state index in [2.05, 4.69) is 4.18 Å². The Kier molecular flexibility index (Phi) is 5.09. The van der Waals surface area contributed by atoms with Gasteiger partial charge in [0.1, 0.15) is 11.5 Å². The lowest BCUT2D eigenvalue weighted by atomic mass is 10.3. The van der Waals surface area contributed by atoms with Gasteiger partial charge >= 0.3 is 21.8 Å². The molecule has 1 aromatic carbocycles. The highest BCUT2D eigenvalue weighted by Crippen LogP contribution is 2.21. The summed E-state index contributed by atoms with van der Waals surface area (Å²) in [5.41, 5.74) is 0. The Bertz CT molecular complexity index is 547. The first-order valence-corrected chi connectivity index (χ1v) is 10.9. The van der Waals surface area contributed by atoms with Crippen LogP contribution < -0.4 is 8.37 Å². The van der Waals surface area contributed by atoms with Crippen LogP contribution in [0.5, 0.6) is 11.5 Å². The third-order valence-electron chi connectivity index (χ3n) is 1.54. The average Bonchev–Trinajstić information content (AvgIpc) is 2.15. The molecule has 1 rings (SSSR count). The van der Waals surface area contributed by atoms with Crippen LogP contribution in [0.15, 0.2) is 24.3 Å². The number of hydrogen-bond donors (Lipinski definition) is 1. The fourth-order valence-corrected chi connectivity index (χ4v) is 4.28. The molecule has 19 heavy (non-hydrogen) atoms. The van der Waals surface area contributed by atoms with E-state index in [0.717, 1.165) is 0 Å². The van der Waals surface area contributed by atoms with Gasteiger partial charge in [0.15, 0.2) is 0 Å². The molecule has 7 nitrogen and oxygen atoms in total. The Morgan fingerprint density at radius 1 is 1.11 bits per heavy atom. The van der Waals surface area contributed by atoms with Crippen molar-refractivity contribution in [3.63, 3.8) is 0 Å². The lowest BCUT2D eigenvalue weighted by molar-refractivity contribution is 0.390. The second kappa shape index (κ2) is 6.01. The lowest BCUT2D eigenvalue weighted by Crippen LogP contribution is -2.31. The van der Waals surface area contributed by atoms with Gasteiger partial charge in [0.2, 0.25) is 8.32 Å². The van der Waals surface area contributed by atoms with Crippen LogP contribution in [0, 0.1) is 0 Å². The van der Waals surface area contributed by atoms with Crippen molar-refractivity contribution >= 4 is 30.1 Å². The molecule has 1 aromatic rings. The molecular weight excluding hydrogens is 312 g/mol. The Labute approximate surface area is 115 Å². The zero-order chi connectivity index (χ0) is 14.7. The van der Waals surface area contributed by atoms with E-state index < -0.39 is 30.1 Å². The van der Waals surface area contributed by atoms with E-state index in [1.807, 2.05) is 0 Å². The normalized spacial score (nSPS) is 13.9. The molecule has 0 saturated heterocycles. The topological polar surface area (TPSA) is 99.1 Å². The van der Waals surface area contributed by atoms with Crippen LogP contribution in [-0.2, 0) is 25.6 Å². The second-order valence-electron chi connectivity index (χ2n) is 4.46. The molecule has 0 aliphatic heterocycles. The molecule has 1 atom stereocenters. The molecule has 108 valence electrons. The average molecular weight is 326 g/mol. The number of hydrogen-bond acceptors (Lipinski definition) is 6. The summed E-state index contributed by atoms with van der Waals surface area (Å²) in [7, 11) is -6.41. The largest absolute Gasteiger partial charge is 0.438 e. The Morgan fingerprint density at radius 3 is 2.00 bits per heavy atom. The van der Waals surface area contributed by atoms with E-state index in [1.165, 1.54) is 24.3 Å². The number of rotatable bonds is 6. The first-order valence-electron chi connectivity index (χ1n) is 5.12. The standard InChI is InChI=1S/C9H14O7S2Si/c1-19(2,3)16-18(12,13)15-9-6-4-8(5-7-9)14-17(10)11/h4-7H,1-3H3,(H,10,11). The highest BCUT2D eigenvalue weighted by molar-refractivity contribution is 7.83. The van der Waals surface area contributed by atoms with Crippen LogP contribution in [0.4, 0.5) is 0 Å². The predicted octanol–water partition coefficient (Wildman–Crippen LogP) is 1.68. The summed E-state index contributed by atoms with van der Waals surface area (Å²) in [5.74, 6) is 0.131. The summed E-state index contributed by atoms with van der Waals surface area (Å²) in [4.78, 5) is 0. The number of benzene rings is 1. The molecule has 0 aromatic heterocycles. The lowest BCUT2D eigenvalue weighted by Gasteiger charge is -2.16. The molecular formula is C9H14O7S2Si. The van der Waals surface area contributed by atoms with Crippen LogP contribution >= 0.6 is 0 Å². The van der Waals surface area contributed by atoms with Crippen molar-refractivity contribution in [2.75, 3.05) is 0 Å². The molecule has 0 radical (unpaired) electrons. The Morgan fingerprint density at radius 2 is 1.58 bits per heavy atom. The molecule has 0 spiro atoms. The van der Waals surface area contributed by atoms with Gasteiger partial charge in [-0.2, -0.15) is 12.6 Å². The minimum atomic E-state index is -4.12. The third-order valence-corrected chi connectivity index (χ3v) is 5.09. The molecule has 0 saturated carbocycles. The summed E-state index contributed by atoms with van der Waals surface area (Å²) < 4.78 is 56.1. The van der Waals surface area contributed by atoms with Crippen molar-refractivity contribution in [3.8, 4) is 11.5 Å². The van der Waals surface area contributed by atoms with Crippen molar-refractivity contribution in [1.82, 2.24) is 0 Å². The maximum Gasteiger partial charge on any atom is 0.438 e. The van der Waals surface area contributed by atoms with Crippen molar-refractivity contribution in [2.45, 2.75) is 19.6 Å². The highest BCUT2D eigenvalue weighted by atomic mass is 32.3. The molecule has 0 amide bonds. The quantitative estimate of drug-likeness (QED) is 0.627. The van der Waals surface area contributed by atoms with Crippen molar-refractivity contribution in [2.24, 2.45) is 0 Å². The highest BCUT2D eigenvalue weighted by Gasteiger charge is 2.26. The monoisotopic (exact) mass is 326 g/mol. The SMILES string of the molecule is C[Si](C)(C)OS(=O)(=O)Oc1ccc(OS(=O)O)cc1. The van der Waals surface area contributed by atoms with Gasteiger partial charge in [-0.1, -0.05) is 0 Å². The minimum Gasteiger partial charge on any atom is -0.380 e. The molecule has 0 aliphatic carbocycles. The summed E-state index contributed by atoms with van der Waals surface area (Å²) in [6.45, 7) is 5.13. The molecule has 0 bridgehead atoms. The van der Waals surface area contributed by atoms with E-state index in [4.69, 9.17) is 12.6 Å². The summed E-state index contributed by atoms with van der Waals surface area (Å²) in [6, 6.07) is 5.17. The molecule has 1 N–H and O–H groups in total. The first-order chi connectivity index (χ1) is 8.57. The summed E-state index contributed by atoms with van der Waals surface area (Å²) in [5, 5.41) is 0. The Hall–Kier alpha value is -0.943. The molecule has 1 unspecified atom stereocenters. The zero-order valence-electron chi connectivity index (χ0n) is 10.5. The molecule has 0 fully saturated rings. The zero-order valence-corrected chi connectivity index (χ0v) is 13.2. The van der Waals surface area contributed by atoms with Gasteiger partial charge in [-0.3, -0.25) is 8.42 Å². The van der Waals surface area contributed by atoms with Crippen LogP contribution in [0.1, 0.15) is 0 Å². The Balaban J connectivity index is 2.75. The second-order valence-corrected chi connectivity index (χ2v) is 10.9. The van der Waals surface area contributed by atoms with Gasteiger partial charge in [0, 0.05) is 0 Å². The van der Waals surface area contributed by atoms with E-state index in [-0.39, 0.29) is 11.5 Å². The van der Waals surface area contributed by atoms with Crippen molar-refractivity contribution in [3.05, 3.63) is 24.3 Å². The molecule has 10 heteroatoms. The maximum absolute atomic E-state index is 11.5. The fourth-order valence-electron chi connectivity index (χ4n) is 1.07. The van der Waals surface area contributed by atoms with Gasteiger partial charge in [-0.05, 0) is 43.9 Å². The fraction of sp³-hybridized carbons (Fsp3) is 0.333. The van der Waals surface area contributed by atoms with E-state index in [0.29, 0.717) is 0 Å². The molecule has 0 heterocycles. The van der Waals surface area contributed by atoms with Crippen LogP contribution in [0.2, 0.25) is 19.6 Å². The summed E-state index contributed by atoms with van der Waals surface area (Å²) in [6.07, 6.45) is 0. The molecule has 0 aliphatic rings. The van der Waals surface area contributed by atoms with Gasteiger partial charge in [0.05, 0.1) is 0 Å². The van der Waals surface area contributed by atoms with Gasteiger partial charge in [-0.15, -0.1) is 0 Å². The van der Waals surface area contributed by atoms with Crippen molar-refractivity contribution in [1.29, 1.82) is 0 Å². The van der Waals surface area contributed by atoms with E-state index in [1.54, 1.807) is 19.6 Å². The smallest absolute Gasteiger partial charge is 0.380 e. The van der Waals surface area contributed by atoms with Gasteiger partial charge < -0.3 is 8.37 Å². The van der Waals surface area contributed by atoms with E-state index in [9.17, 15) is 12.6 Å². The minimum absolute atomic E-state index is 0.0225. The summed E-state index contributed by atoms with van der Waals surface area (Å²) >= 11 is -2.43. The van der Waals surface area contributed by atoms with E-state index >= 15 is 0 Å². The first kappa shape index (κ1) is 16.1. The predicted molar refractivity (Wildman–Crippen MR) is 71.8 cm³/mol. The third kappa shape index (κ3) is 6.68. The van der Waals surface area contributed by atoms with Crippen molar-refractivity contribution < 1.29 is 29.4 Å². The van der Waals surface area contributed by atoms with Crippen LogP contribution in [0.25, 0.3) is 0 Å². The van der Waals surface area contributed by atoms with Crippen LogP contribution in [0.3, 0.4) is 0 Å².